The van der Waals surface area contributed by atoms with Gasteiger partial charge in [0.25, 0.3) is 11.4 Å². The quantitative estimate of drug-likeness (QED) is 0.285. The average Bonchev–Trinajstić information content (AvgIpc) is 2.57. The molecule has 1 unspecified atom stereocenters. The lowest BCUT2D eigenvalue weighted by molar-refractivity contribution is -0.394. The van der Waals surface area contributed by atoms with Crippen LogP contribution in [0.2, 0.25) is 0 Å². The molecule has 1 aromatic rings. The fraction of sp³-hybridized carbons (Fsp3) is 0.333. The van der Waals surface area contributed by atoms with Crippen LogP contribution in [-0.2, 0) is 19.1 Å². The number of non-ortho nitro benzene ring substituents is 1. The highest BCUT2D eigenvalue weighted by Gasteiger charge is 2.33. The lowest BCUT2D eigenvalue weighted by atomic mass is 9.94. The van der Waals surface area contributed by atoms with E-state index in [0.717, 1.165) is 18.2 Å². The van der Waals surface area contributed by atoms with Crippen molar-refractivity contribution in [2.75, 3.05) is 13.2 Å². The third-order valence-corrected chi connectivity index (χ3v) is 3.10. The Morgan fingerprint density at radius 2 is 1.92 bits per heavy atom. The number of carbonyl (C=O) groups is 2. The molecule has 0 aliphatic carbocycles. The molecule has 0 amide bonds. The molecule has 1 rings (SSSR count). The molecule has 0 fully saturated rings. The van der Waals surface area contributed by atoms with Gasteiger partial charge in [-0.15, -0.1) is 0 Å². The zero-order chi connectivity index (χ0) is 19.0. The van der Waals surface area contributed by atoms with Crippen molar-refractivity contribution in [2.24, 2.45) is 0 Å². The molecule has 134 valence electrons. The predicted molar refractivity (Wildman–Crippen MR) is 84.9 cm³/mol. The Hall–Kier alpha value is -3.30. The first-order chi connectivity index (χ1) is 11.8. The first kappa shape index (κ1) is 19.7. The molecule has 1 atom stereocenters. The molecule has 0 bridgehead atoms. The zero-order valence-electron chi connectivity index (χ0n) is 13.4. The largest absolute Gasteiger partial charge is 0.466 e. The Balaban J connectivity index is 3.34. The predicted octanol–water partition coefficient (Wildman–Crippen LogP) is 2.27. The van der Waals surface area contributed by atoms with E-state index < -0.39 is 45.5 Å². The summed E-state index contributed by atoms with van der Waals surface area (Å²) in [5.74, 6) is -2.99. The lowest BCUT2D eigenvalue weighted by Crippen LogP contribution is -2.21. The minimum Gasteiger partial charge on any atom is -0.466 e. The third-order valence-electron chi connectivity index (χ3n) is 3.10. The summed E-state index contributed by atoms with van der Waals surface area (Å²) >= 11 is 0. The molecule has 0 saturated carbocycles. The van der Waals surface area contributed by atoms with Crippen LogP contribution in [-0.4, -0.2) is 35.0 Å². The first-order valence-corrected chi connectivity index (χ1v) is 7.17. The maximum Gasteiger partial charge on any atom is 0.314 e. The molecule has 0 N–H and O–H groups in total. The second kappa shape index (κ2) is 9.11. The molecular formula is C15H16N2O8. The van der Waals surface area contributed by atoms with Crippen molar-refractivity contribution in [3.05, 3.63) is 56.6 Å². The summed E-state index contributed by atoms with van der Waals surface area (Å²) in [6, 6.07) is 2.81. The summed E-state index contributed by atoms with van der Waals surface area (Å²) in [5, 5.41) is 22.0. The number of hydrogen-bond donors (Lipinski definition) is 0. The van der Waals surface area contributed by atoms with E-state index in [1.165, 1.54) is 6.08 Å². The first-order valence-electron chi connectivity index (χ1n) is 7.17. The molecule has 0 aliphatic rings. The summed E-state index contributed by atoms with van der Waals surface area (Å²) in [6.07, 6.45) is 0.798. The highest BCUT2D eigenvalue weighted by Crippen LogP contribution is 2.33. The summed E-state index contributed by atoms with van der Waals surface area (Å²) in [6.45, 7) is 4.86. The minimum absolute atomic E-state index is 0.0651. The third kappa shape index (κ3) is 5.37. The number of nitro benzene ring substituents is 2. The zero-order valence-corrected chi connectivity index (χ0v) is 13.4. The Morgan fingerprint density at radius 3 is 2.44 bits per heavy atom. The van der Waals surface area contributed by atoms with Gasteiger partial charge in [0.2, 0.25) is 0 Å². The number of nitro groups is 2. The number of carbonyl (C=O) groups excluding carboxylic acids is 2. The number of ether oxygens (including phenoxy) is 2. The number of nitrogens with zero attached hydrogens (tertiary/aromatic N) is 2. The Bertz CT molecular complexity index is 701. The van der Waals surface area contributed by atoms with E-state index in [2.05, 4.69) is 6.58 Å². The summed E-state index contributed by atoms with van der Waals surface area (Å²) in [4.78, 5) is 44.3. The van der Waals surface area contributed by atoms with Gasteiger partial charge in [-0.05, 0) is 13.0 Å². The van der Waals surface area contributed by atoms with Crippen molar-refractivity contribution in [3.8, 4) is 0 Å². The second-order valence-electron chi connectivity index (χ2n) is 4.74. The van der Waals surface area contributed by atoms with Crippen LogP contribution in [0.4, 0.5) is 11.4 Å². The van der Waals surface area contributed by atoms with Gasteiger partial charge in [0, 0.05) is 11.6 Å². The average molecular weight is 352 g/mol. The summed E-state index contributed by atoms with van der Waals surface area (Å²) < 4.78 is 9.64. The molecular weight excluding hydrogens is 336 g/mol. The van der Waals surface area contributed by atoms with Gasteiger partial charge in [0.15, 0.2) is 0 Å². The maximum atomic E-state index is 12.2. The van der Waals surface area contributed by atoms with Gasteiger partial charge < -0.3 is 9.47 Å². The van der Waals surface area contributed by atoms with E-state index in [0.29, 0.717) is 0 Å². The summed E-state index contributed by atoms with van der Waals surface area (Å²) in [7, 11) is 0. The van der Waals surface area contributed by atoms with Gasteiger partial charge in [-0.25, -0.2) is 0 Å². The van der Waals surface area contributed by atoms with Crippen molar-refractivity contribution < 1.29 is 28.9 Å². The molecule has 0 aliphatic heterocycles. The van der Waals surface area contributed by atoms with Crippen LogP contribution in [0.3, 0.4) is 0 Å². The normalized spacial score (nSPS) is 11.2. The van der Waals surface area contributed by atoms with Crippen LogP contribution in [0.5, 0.6) is 0 Å². The van der Waals surface area contributed by atoms with Gasteiger partial charge in [0.05, 0.1) is 34.9 Å². The van der Waals surface area contributed by atoms with E-state index in [1.807, 2.05) is 0 Å². The van der Waals surface area contributed by atoms with Gasteiger partial charge in [-0.2, -0.15) is 0 Å². The number of benzene rings is 1. The lowest BCUT2D eigenvalue weighted by Gasteiger charge is -2.15. The van der Waals surface area contributed by atoms with Crippen molar-refractivity contribution >= 4 is 23.3 Å². The van der Waals surface area contributed by atoms with Crippen LogP contribution in [0.15, 0.2) is 30.9 Å². The topological polar surface area (TPSA) is 139 Å². The van der Waals surface area contributed by atoms with Crippen molar-refractivity contribution in [1.29, 1.82) is 0 Å². The van der Waals surface area contributed by atoms with Gasteiger partial charge >= 0.3 is 11.9 Å². The smallest absolute Gasteiger partial charge is 0.314 e. The van der Waals surface area contributed by atoms with E-state index in [4.69, 9.17) is 9.47 Å². The van der Waals surface area contributed by atoms with Gasteiger partial charge in [-0.3, -0.25) is 29.8 Å². The number of rotatable bonds is 9. The van der Waals surface area contributed by atoms with Crippen LogP contribution >= 0.6 is 0 Å². The minimum atomic E-state index is -1.33. The Morgan fingerprint density at radius 1 is 1.24 bits per heavy atom. The number of esters is 2. The second-order valence-corrected chi connectivity index (χ2v) is 4.74. The van der Waals surface area contributed by atoms with Crippen LogP contribution < -0.4 is 0 Å². The van der Waals surface area contributed by atoms with Crippen LogP contribution in [0, 0.1) is 20.2 Å². The van der Waals surface area contributed by atoms with Crippen LogP contribution in [0.25, 0.3) is 0 Å². The molecule has 0 saturated heterocycles. The van der Waals surface area contributed by atoms with E-state index >= 15 is 0 Å². The molecule has 0 spiro atoms. The van der Waals surface area contributed by atoms with E-state index in [-0.39, 0.29) is 18.8 Å². The molecule has 1 aromatic carbocycles. The Kier molecular flexibility index (Phi) is 7.19. The van der Waals surface area contributed by atoms with Crippen LogP contribution in [0.1, 0.15) is 24.8 Å². The molecule has 10 nitrogen and oxygen atoms in total. The fourth-order valence-electron chi connectivity index (χ4n) is 2.05. The maximum absolute atomic E-state index is 12.2. The number of hydrogen-bond acceptors (Lipinski definition) is 8. The van der Waals surface area contributed by atoms with Crippen molar-refractivity contribution in [1.82, 2.24) is 0 Å². The monoisotopic (exact) mass is 352 g/mol. The Labute approximate surface area is 142 Å². The SMILES string of the molecule is C=CCOC(=O)C(CC(=O)OCC)c1ccc([N+](=O)[O-])cc1[N+](=O)[O-]. The standard InChI is InChI=1S/C15H16N2O8/c1-3-7-25-15(19)12(9-14(18)24-4-2)11-6-5-10(16(20)21)8-13(11)17(22)23/h3,5-6,8,12H,1,4,7,9H2,2H3. The summed E-state index contributed by atoms with van der Waals surface area (Å²) in [5.41, 5.74) is -1.33. The highest BCUT2D eigenvalue weighted by atomic mass is 16.6. The molecule has 25 heavy (non-hydrogen) atoms. The molecule has 0 heterocycles. The highest BCUT2D eigenvalue weighted by molar-refractivity contribution is 5.86. The van der Waals surface area contributed by atoms with E-state index in [9.17, 15) is 29.8 Å². The van der Waals surface area contributed by atoms with Gasteiger partial charge in [-0.1, -0.05) is 12.7 Å². The van der Waals surface area contributed by atoms with Crippen molar-refractivity contribution in [3.63, 3.8) is 0 Å². The van der Waals surface area contributed by atoms with Crippen molar-refractivity contribution in [2.45, 2.75) is 19.3 Å². The molecule has 10 heteroatoms. The fourth-order valence-corrected chi connectivity index (χ4v) is 2.05. The van der Waals surface area contributed by atoms with E-state index in [1.54, 1.807) is 6.92 Å². The van der Waals surface area contributed by atoms with Gasteiger partial charge in [0.1, 0.15) is 6.61 Å². The molecule has 0 radical (unpaired) electrons. The molecule has 0 aromatic heterocycles.